The van der Waals surface area contributed by atoms with E-state index in [0.717, 1.165) is 37.7 Å². The van der Waals surface area contributed by atoms with Crippen LogP contribution in [0.2, 0.25) is 0 Å². The molecule has 162 valence electrons. The van der Waals surface area contributed by atoms with Crippen molar-refractivity contribution in [3.8, 4) is 0 Å². The number of benzene rings is 1. The number of thiophene rings is 1. The minimum Gasteiger partial charge on any atom is -0.351 e. The summed E-state index contributed by atoms with van der Waals surface area (Å²) in [6, 6.07) is 8.76. The first kappa shape index (κ1) is 22.3. The molecule has 1 N–H and O–H groups in total. The lowest BCUT2D eigenvalue weighted by molar-refractivity contribution is -0.189. The van der Waals surface area contributed by atoms with E-state index in [1.54, 1.807) is 41.8 Å². The van der Waals surface area contributed by atoms with Crippen LogP contribution in [-0.2, 0) is 16.1 Å². The van der Waals surface area contributed by atoms with Gasteiger partial charge in [-0.2, -0.15) is 13.2 Å². The van der Waals surface area contributed by atoms with Gasteiger partial charge in [-0.15, -0.1) is 11.3 Å². The number of nitrogens with zero attached hydrogens (tertiary/aromatic N) is 1. The normalized spacial score (nSPS) is 16.1. The first-order valence-electron chi connectivity index (χ1n) is 10.0. The number of rotatable bonds is 6. The zero-order valence-corrected chi connectivity index (χ0v) is 17.6. The summed E-state index contributed by atoms with van der Waals surface area (Å²) in [5.41, 5.74) is 1.49. The molecule has 1 aromatic heterocycles. The highest BCUT2D eigenvalue weighted by Gasteiger charge is 2.47. The summed E-state index contributed by atoms with van der Waals surface area (Å²) in [4.78, 5) is 26.6. The molecule has 1 heterocycles. The van der Waals surface area contributed by atoms with E-state index in [2.05, 4.69) is 5.32 Å². The van der Waals surface area contributed by atoms with Gasteiger partial charge in [-0.05, 0) is 36.8 Å². The molecular weight excluding hydrogens is 413 g/mol. The molecule has 0 saturated heterocycles. The third-order valence-corrected chi connectivity index (χ3v) is 6.23. The van der Waals surface area contributed by atoms with Crippen LogP contribution in [0.3, 0.4) is 0 Å². The van der Waals surface area contributed by atoms with E-state index in [1.165, 1.54) is 11.3 Å². The van der Waals surface area contributed by atoms with E-state index in [0.29, 0.717) is 15.3 Å². The largest absolute Gasteiger partial charge is 0.471 e. The molecule has 1 saturated carbocycles. The lowest BCUT2D eigenvalue weighted by atomic mass is 9.95. The Hall–Kier alpha value is -2.35. The third kappa shape index (κ3) is 5.62. The van der Waals surface area contributed by atoms with Crippen LogP contribution in [0, 0.1) is 6.92 Å². The number of carbonyl (C=O) groups excluding carboxylic acids is 2. The smallest absolute Gasteiger partial charge is 0.351 e. The molecule has 1 aliphatic rings. The van der Waals surface area contributed by atoms with E-state index >= 15 is 0 Å². The Kier molecular flexibility index (Phi) is 7.18. The van der Waals surface area contributed by atoms with E-state index in [9.17, 15) is 22.8 Å². The van der Waals surface area contributed by atoms with E-state index in [4.69, 9.17) is 0 Å². The molecule has 2 aromatic rings. The second-order valence-corrected chi connectivity index (χ2v) is 8.66. The molecule has 8 heteroatoms. The summed E-state index contributed by atoms with van der Waals surface area (Å²) in [6.45, 7) is 1.56. The predicted octanol–water partition coefficient (Wildman–Crippen LogP) is 5.14. The first-order chi connectivity index (χ1) is 14.3. The van der Waals surface area contributed by atoms with Gasteiger partial charge in [0, 0.05) is 17.5 Å². The molecule has 0 radical (unpaired) electrons. The van der Waals surface area contributed by atoms with Crippen molar-refractivity contribution in [1.29, 1.82) is 0 Å². The number of nitrogens with one attached hydrogen (secondary N) is 1. The quantitative estimate of drug-likeness (QED) is 0.679. The number of hydrogen-bond acceptors (Lipinski definition) is 3. The molecule has 1 fully saturated rings. The Morgan fingerprint density at radius 1 is 1.13 bits per heavy atom. The van der Waals surface area contributed by atoms with Crippen molar-refractivity contribution in [2.24, 2.45) is 0 Å². The second-order valence-electron chi connectivity index (χ2n) is 7.68. The fraction of sp³-hybridized carbons (Fsp3) is 0.455. The average molecular weight is 439 g/mol. The van der Waals surface area contributed by atoms with E-state index in [1.807, 2.05) is 6.92 Å². The maximum Gasteiger partial charge on any atom is 0.471 e. The zero-order valence-electron chi connectivity index (χ0n) is 16.7. The first-order valence-corrected chi connectivity index (χ1v) is 10.9. The minimum atomic E-state index is -5.08. The van der Waals surface area contributed by atoms with Crippen LogP contribution in [0.15, 0.2) is 41.8 Å². The van der Waals surface area contributed by atoms with E-state index in [-0.39, 0.29) is 12.6 Å². The molecule has 3 rings (SSSR count). The van der Waals surface area contributed by atoms with Gasteiger partial charge in [-0.1, -0.05) is 55.2 Å². The number of halogens is 3. The topological polar surface area (TPSA) is 49.4 Å². The van der Waals surface area contributed by atoms with Gasteiger partial charge in [-0.25, -0.2) is 0 Å². The van der Waals surface area contributed by atoms with E-state index < -0.39 is 24.0 Å². The van der Waals surface area contributed by atoms with Crippen LogP contribution >= 0.6 is 11.3 Å². The number of amides is 2. The molecule has 0 spiro atoms. The van der Waals surface area contributed by atoms with Crippen LogP contribution in [0.1, 0.15) is 54.1 Å². The highest BCUT2D eigenvalue weighted by Crippen LogP contribution is 2.32. The lowest BCUT2D eigenvalue weighted by Gasteiger charge is -2.33. The number of aryl methyl sites for hydroxylation is 1. The molecule has 1 atom stereocenters. The van der Waals surface area contributed by atoms with Crippen LogP contribution in [0.5, 0.6) is 0 Å². The Morgan fingerprint density at radius 3 is 2.37 bits per heavy atom. The number of carbonyl (C=O) groups is 2. The van der Waals surface area contributed by atoms with Gasteiger partial charge >= 0.3 is 12.1 Å². The summed E-state index contributed by atoms with van der Waals surface area (Å²) in [7, 11) is 0. The molecular formula is C22H25F3N2O2S. The van der Waals surface area contributed by atoms with Gasteiger partial charge in [0.15, 0.2) is 0 Å². The summed E-state index contributed by atoms with van der Waals surface area (Å²) < 4.78 is 40.4. The van der Waals surface area contributed by atoms with Crippen molar-refractivity contribution in [1.82, 2.24) is 10.2 Å². The van der Waals surface area contributed by atoms with Crippen molar-refractivity contribution in [2.45, 2.75) is 63.8 Å². The SMILES string of the molecule is Cc1ccc(CN(C(=O)C(F)(F)F)[C@H](C(=O)NC2CCCCC2)c2cccs2)cc1. The molecule has 1 aliphatic carbocycles. The third-order valence-electron chi connectivity index (χ3n) is 5.30. The van der Waals surface area contributed by atoms with Gasteiger partial charge in [0.1, 0.15) is 6.04 Å². The van der Waals surface area contributed by atoms with Gasteiger partial charge in [0.25, 0.3) is 0 Å². The molecule has 0 unspecified atom stereocenters. The Balaban J connectivity index is 1.94. The van der Waals surface area contributed by atoms with Crippen LogP contribution in [-0.4, -0.2) is 28.9 Å². The van der Waals surface area contributed by atoms with Crippen LogP contribution < -0.4 is 5.32 Å². The van der Waals surface area contributed by atoms with Gasteiger partial charge < -0.3 is 10.2 Å². The molecule has 0 bridgehead atoms. The monoisotopic (exact) mass is 438 g/mol. The fourth-order valence-corrected chi connectivity index (χ4v) is 4.57. The van der Waals surface area contributed by atoms with Crippen molar-refractivity contribution in [3.63, 3.8) is 0 Å². The van der Waals surface area contributed by atoms with Gasteiger partial charge in [-0.3, -0.25) is 9.59 Å². The molecule has 1 aromatic carbocycles. The van der Waals surface area contributed by atoms with Crippen LogP contribution in [0.4, 0.5) is 13.2 Å². The minimum absolute atomic E-state index is 0.0732. The van der Waals surface area contributed by atoms with Crippen molar-refractivity contribution >= 4 is 23.2 Å². The maximum atomic E-state index is 13.5. The maximum absolute atomic E-state index is 13.5. The second kappa shape index (κ2) is 9.64. The summed E-state index contributed by atoms with van der Waals surface area (Å²) in [5, 5.41) is 4.59. The molecule has 4 nitrogen and oxygen atoms in total. The Morgan fingerprint density at radius 2 is 1.80 bits per heavy atom. The number of hydrogen-bond donors (Lipinski definition) is 1. The lowest BCUT2D eigenvalue weighted by Crippen LogP contribution is -2.49. The molecule has 30 heavy (non-hydrogen) atoms. The molecule has 2 amide bonds. The highest BCUT2D eigenvalue weighted by molar-refractivity contribution is 7.10. The number of alkyl halides is 3. The Bertz CT molecular complexity index is 844. The fourth-order valence-electron chi connectivity index (χ4n) is 3.73. The highest BCUT2D eigenvalue weighted by atomic mass is 32.1. The van der Waals surface area contributed by atoms with Crippen LogP contribution in [0.25, 0.3) is 0 Å². The van der Waals surface area contributed by atoms with Crippen molar-refractivity contribution < 1.29 is 22.8 Å². The molecule has 0 aliphatic heterocycles. The summed E-state index contributed by atoms with van der Waals surface area (Å²) in [6.07, 6.45) is -0.438. The average Bonchev–Trinajstić information content (AvgIpc) is 3.23. The summed E-state index contributed by atoms with van der Waals surface area (Å²) in [5.74, 6) is -2.57. The Labute approximate surface area is 178 Å². The van der Waals surface area contributed by atoms with Crippen molar-refractivity contribution in [2.75, 3.05) is 0 Å². The van der Waals surface area contributed by atoms with Crippen molar-refractivity contribution in [3.05, 3.63) is 57.8 Å². The standard InChI is InChI=1S/C22H25F3N2O2S/c1-15-9-11-16(12-10-15)14-27(21(29)22(23,24)25)19(18-8-5-13-30-18)20(28)26-17-6-3-2-4-7-17/h5,8-13,17,19H,2-4,6-7,14H2,1H3,(H,26,28)/t19-/m0/s1. The predicted molar refractivity (Wildman–Crippen MR) is 110 cm³/mol. The summed E-state index contributed by atoms with van der Waals surface area (Å²) >= 11 is 1.17. The zero-order chi connectivity index (χ0) is 21.7. The van der Waals surface area contributed by atoms with Gasteiger partial charge in [0.2, 0.25) is 5.91 Å². The van der Waals surface area contributed by atoms with Gasteiger partial charge in [0.05, 0.1) is 0 Å².